The lowest BCUT2D eigenvalue weighted by molar-refractivity contribution is -0.139. The smallest absolute Gasteiger partial charge is 0.320 e. The summed E-state index contributed by atoms with van der Waals surface area (Å²) in [5.74, 6) is -0.821. The molecule has 3 nitrogen and oxygen atoms in total. The van der Waals surface area contributed by atoms with Crippen LogP contribution in [0.1, 0.15) is 18.1 Å². The van der Waals surface area contributed by atoms with Gasteiger partial charge in [0.25, 0.3) is 0 Å². The molecule has 0 spiro atoms. The van der Waals surface area contributed by atoms with Crippen molar-refractivity contribution in [2.24, 2.45) is 0 Å². The maximum atomic E-state index is 10.5. The Morgan fingerprint density at radius 3 is 2.71 bits per heavy atom. The van der Waals surface area contributed by atoms with Gasteiger partial charge in [-0.1, -0.05) is 24.3 Å². The van der Waals surface area contributed by atoms with Crippen molar-refractivity contribution in [3.8, 4) is 0 Å². The van der Waals surface area contributed by atoms with E-state index < -0.39 is 12.0 Å². The highest BCUT2D eigenvalue weighted by Gasteiger charge is 2.09. The molecule has 0 aliphatic heterocycles. The van der Waals surface area contributed by atoms with Gasteiger partial charge in [0.05, 0.1) is 0 Å². The van der Waals surface area contributed by atoms with Crippen molar-refractivity contribution in [3.05, 3.63) is 35.4 Å². The minimum atomic E-state index is -0.821. The van der Waals surface area contributed by atoms with Crippen LogP contribution in [0.2, 0.25) is 0 Å². The molecule has 14 heavy (non-hydrogen) atoms. The van der Waals surface area contributed by atoms with Crippen LogP contribution in [0.3, 0.4) is 0 Å². The number of benzene rings is 1. The van der Waals surface area contributed by atoms with Gasteiger partial charge in [0, 0.05) is 6.54 Å². The third-order valence-electron chi connectivity index (χ3n) is 2.23. The summed E-state index contributed by atoms with van der Waals surface area (Å²) in [4.78, 5) is 10.5. The summed E-state index contributed by atoms with van der Waals surface area (Å²) in [5.41, 5.74) is 2.32. The van der Waals surface area contributed by atoms with Crippen LogP contribution < -0.4 is 5.32 Å². The first kappa shape index (κ1) is 10.7. The first-order chi connectivity index (χ1) is 6.61. The molecule has 0 bridgehead atoms. The van der Waals surface area contributed by atoms with Crippen LogP contribution in [0, 0.1) is 6.92 Å². The predicted octanol–water partition coefficient (Wildman–Crippen LogP) is 1.56. The summed E-state index contributed by atoms with van der Waals surface area (Å²) < 4.78 is 0. The molecule has 1 rings (SSSR count). The summed E-state index contributed by atoms with van der Waals surface area (Å²) >= 11 is 0. The number of rotatable bonds is 4. The number of hydrogen-bond donors (Lipinski definition) is 2. The van der Waals surface area contributed by atoms with Gasteiger partial charge < -0.3 is 10.4 Å². The number of nitrogens with one attached hydrogen (secondary N) is 1. The molecule has 0 fully saturated rings. The lowest BCUT2D eigenvalue weighted by Crippen LogP contribution is -2.33. The van der Waals surface area contributed by atoms with E-state index in [0.717, 1.165) is 5.56 Å². The highest BCUT2D eigenvalue weighted by atomic mass is 16.4. The van der Waals surface area contributed by atoms with Crippen LogP contribution in [0.15, 0.2) is 24.3 Å². The van der Waals surface area contributed by atoms with E-state index in [9.17, 15) is 4.79 Å². The Balaban J connectivity index is 2.54. The zero-order valence-electron chi connectivity index (χ0n) is 8.45. The minimum Gasteiger partial charge on any atom is -0.480 e. The van der Waals surface area contributed by atoms with Gasteiger partial charge in [-0.25, -0.2) is 0 Å². The van der Waals surface area contributed by atoms with E-state index in [-0.39, 0.29) is 0 Å². The molecule has 76 valence electrons. The number of hydrogen-bond acceptors (Lipinski definition) is 2. The fourth-order valence-electron chi connectivity index (χ4n) is 1.16. The van der Waals surface area contributed by atoms with E-state index in [0.29, 0.717) is 6.54 Å². The molecule has 2 N–H and O–H groups in total. The van der Waals surface area contributed by atoms with Gasteiger partial charge in [-0.05, 0) is 25.0 Å². The molecule has 3 heteroatoms. The molecule has 0 aromatic heterocycles. The summed E-state index contributed by atoms with van der Waals surface area (Å²) in [6.45, 7) is 4.25. The van der Waals surface area contributed by atoms with Crippen molar-refractivity contribution in [2.45, 2.75) is 26.4 Å². The van der Waals surface area contributed by atoms with Gasteiger partial charge in [-0.15, -0.1) is 0 Å². The third-order valence-corrected chi connectivity index (χ3v) is 2.23. The highest BCUT2D eigenvalue weighted by molar-refractivity contribution is 5.72. The van der Waals surface area contributed by atoms with E-state index >= 15 is 0 Å². The first-order valence-electron chi connectivity index (χ1n) is 4.62. The standard InChI is InChI=1S/C11H15NO2/c1-8-5-3-4-6-10(8)7-12-9(2)11(13)14/h3-6,9,12H,7H2,1-2H3,(H,13,14)/t9-/m1/s1. The fraction of sp³-hybridized carbons (Fsp3) is 0.364. The third kappa shape index (κ3) is 2.85. The summed E-state index contributed by atoms with van der Waals surface area (Å²) in [5, 5.41) is 11.6. The Labute approximate surface area is 83.8 Å². The summed E-state index contributed by atoms with van der Waals surface area (Å²) in [7, 11) is 0. The molecule has 0 unspecified atom stereocenters. The molecule has 0 saturated heterocycles. The van der Waals surface area contributed by atoms with Crippen LogP contribution in [0.4, 0.5) is 0 Å². The van der Waals surface area contributed by atoms with Gasteiger partial charge in [0.15, 0.2) is 0 Å². The van der Waals surface area contributed by atoms with Crippen molar-refractivity contribution in [2.75, 3.05) is 0 Å². The van der Waals surface area contributed by atoms with Crippen LogP contribution in [-0.2, 0) is 11.3 Å². The van der Waals surface area contributed by atoms with Crippen LogP contribution >= 0.6 is 0 Å². The number of aliphatic carboxylic acids is 1. The van der Waals surface area contributed by atoms with Gasteiger partial charge in [0.2, 0.25) is 0 Å². The zero-order chi connectivity index (χ0) is 10.6. The Hall–Kier alpha value is -1.35. The predicted molar refractivity (Wildman–Crippen MR) is 55.1 cm³/mol. The maximum absolute atomic E-state index is 10.5. The van der Waals surface area contributed by atoms with E-state index in [1.54, 1.807) is 6.92 Å². The number of carboxylic acids is 1. The van der Waals surface area contributed by atoms with Gasteiger partial charge in [-0.3, -0.25) is 4.79 Å². The summed E-state index contributed by atoms with van der Waals surface area (Å²) in [6.07, 6.45) is 0. The van der Waals surface area contributed by atoms with Crippen LogP contribution in [0.25, 0.3) is 0 Å². The second kappa shape index (κ2) is 4.77. The number of aryl methyl sites for hydroxylation is 1. The molecule has 1 aromatic rings. The average Bonchev–Trinajstić information content (AvgIpc) is 2.16. The normalized spacial score (nSPS) is 12.4. The molecule has 0 heterocycles. The van der Waals surface area contributed by atoms with Crippen molar-refractivity contribution in [1.29, 1.82) is 0 Å². The van der Waals surface area contributed by atoms with Crippen LogP contribution in [-0.4, -0.2) is 17.1 Å². The largest absolute Gasteiger partial charge is 0.480 e. The first-order valence-corrected chi connectivity index (χ1v) is 4.62. The minimum absolute atomic E-state index is 0.505. The quantitative estimate of drug-likeness (QED) is 0.763. The molecule has 0 radical (unpaired) electrons. The number of carbonyl (C=O) groups is 1. The molecular formula is C11H15NO2. The second-order valence-electron chi connectivity index (χ2n) is 3.37. The van der Waals surface area contributed by atoms with Gasteiger partial charge in [-0.2, -0.15) is 0 Å². The molecule has 0 aliphatic carbocycles. The van der Waals surface area contributed by atoms with Gasteiger partial charge in [0.1, 0.15) is 6.04 Å². The maximum Gasteiger partial charge on any atom is 0.320 e. The van der Waals surface area contributed by atoms with E-state index in [2.05, 4.69) is 5.32 Å². The Morgan fingerprint density at radius 2 is 2.14 bits per heavy atom. The molecule has 1 aromatic carbocycles. The van der Waals surface area contributed by atoms with Crippen molar-refractivity contribution < 1.29 is 9.90 Å². The van der Waals surface area contributed by atoms with Crippen LogP contribution in [0.5, 0.6) is 0 Å². The van der Waals surface area contributed by atoms with E-state index in [1.165, 1.54) is 5.56 Å². The van der Waals surface area contributed by atoms with E-state index in [4.69, 9.17) is 5.11 Å². The molecule has 0 saturated carbocycles. The monoisotopic (exact) mass is 193 g/mol. The number of carboxylic acid groups (broad SMARTS) is 1. The zero-order valence-corrected chi connectivity index (χ0v) is 8.45. The Kier molecular flexibility index (Phi) is 3.65. The SMILES string of the molecule is Cc1ccccc1CN[C@H](C)C(=O)O. The van der Waals surface area contributed by atoms with Crippen molar-refractivity contribution >= 4 is 5.97 Å². The van der Waals surface area contributed by atoms with Crippen molar-refractivity contribution in [1.82, 2.24) is 5.32 Å². The molecule has 0 aliphatic rings. The Bertz CT molecular complexity index is 323. The lowest BCUT2D eigenvalue weighted by atomic mass is 10.1. The van der Waals surface area contributed by atoms with E-state index in [1.807, 2.05) is 31.2 Å². The van der Waals surface area contributed by atoms with Crippen molar-refractivity contribution in [3.63, 3.8) is 0 Å². The Morgan fingerprint density at radius 1 is 1.50 bits per heavy atom. The van der Waals surface area contributed by atoms with Gasteiger partial charge >= 0.3 is 5.97 Å². The highest BCUT2D eigenvalue weighted by Crippen LogP contribution is 2.06. The molecule has 1 atom stereocenters. The lowest BCUT2D eigenvalue weighted by Gasteiger charge is -2.10. The topological polar surface area (TPSA) is 49.3 Å². The molecular weight excluding hydrogens is 178 g/mol. The average molecular weight is 193 g/mol. The molecule has 0 amide bonds. The summed E-state index contributed by atoms with van der Waals surface area (Å²) in [6, 6.07) is 7.43. The fourth-order valence-corrected chi connectivity index (χ4v) is 1.16. The second-order valence-corrected chi connectivity index (χ2v) is 3.37.